The highest BCUT2D eigenvalue weighted by Crippen LogP contribution is 2.26. The van der Waals surface area contributed by atoms with E-state index in [4.69, 9.17) is 33.0 Å². The highest BCUT2D eigenvalue weighted by molar-refractivity contribution is 6.53. The van der Waals surface area contributed by atoms with Gasteiger partial charge in [0, 0.05) is 25.1 Å². The summed E-state index contributed by atoms with van der Waals surface area (Å²) in [6, 6.07) is 9.66. The molecule has 0 bridgehead atoms. The van der Waals surface area contributed by atoms with Crippen molar-refractivity contribution in [2.45, 2.75) is 37.9 Å². The van der Waals surface area contributed by atoms with Crippen LogP contribution in [0.4, 0.5) is 5.82 Å². The van der Waals surface area contributed by atoms with Crippen LogP contribution in [0.15, 0.2) is 30.3 Å². The molecular formula is C21H28Cl2N4O3. The summed E-state index contributed by atoms with van der Waals surface area (Å²) in [6.07, 6.45) is 0. The Labute approximate surface area is 187 Å². The Kier molecular flexibility index (Phi) is 8.29. The lowest BCUT2D eigenvalue weighted by Gasteiger charge is -2.22. The molecule has 0 atom stereocenters. The number of carbonyl (C=O) groups is 2. The van der Waals surface area contributed by atoms with Crippen molar-refractivity contribution in [1.29, 1.82) is 0 Å². The van der Waals surface area contributed by atoms with Gasteiger partial charge in [0.25, 0.3) is 5.91 Å². The molecule has 30 heavy (non-hydrogen) atoms. The van der Waals surface area contributed by atoms with E-state index in [9.17, 15) is 9.59 Å². The number of aryl methyl sites for hydroxylation is 1. The molecule has 0 radical (unpaired) electrons. The van der Waals surface area contributed by atoms with Crippen LogP contribution in [0.25, 0.3) is 5.69 Å². The van der Waals surface area contributed by atoms with E-state index < -0.39 is 10.7 Å². The van der Waals surface area contributed by atoms with Gasteiger partial charge in [0.2, 0.25) is 5.91 Å². The fourth-order valence-corrected chi connectivity index (χ4v) is 3.03. The Hall–Kier alpha value is -2.09. The minimum Gasteiger partial charge on any atom is -0.383 e. The van der Waals surface area contributed by atoms with Crippen LogP contribution in [0.3, 0.4) is 0 Å². The maximum atomic E-state index is 12.7. The largest absolute Gasteiger partial charge is 0.383 e. The molecule has 2 rings (SSSR count). The molecule has 164 valence electrons. The lowest BCUT2D eigenvalue weighted by molar-refractivity contribution is -0.133. The molecule has 9 heteroatoms. The quantitative estimate of drug-likeness (QED) is 0.616. The highest BCUT2D eigenvalue weighted by atomic mass is 35.5. The minimum absolute atomic E-state index is 0.197. The van der Waals surface area contributed by atoms with Gasteiger partial charge < -0.3 is 15.0 Å². The van der Waals surface area contributed by atoms with Crippen molar-refractivity contribution in [3.63, 3.8) is 0 Å². The van der Waals surface area contributed by atoms with Crippen LogP contribution in [0.5, 0.6) is 0 Å². The van der Waals surface area contributed by atoms with E-state index in [1.54, 1.807) is 4.68 Å². The van der Waals surface area contributed by atoms with Gasteiger partial charge in [0.15, 0.2) is 4.84 Å². The molecule has 0 saturated heterocycles. The molecule has 0 saturated carbocycles. The van der Waals surface area contributed by atoms with E-state index in [1.165, 1.54) is 12.0 Å². The second-order valence-electron chi connectivity index (χ2n) is 8.02. The number of nitrogens with one attached hydrogen (secondary N) is 1. The highest BCUT2D eigenvalue weighted by Gasteiger charge is 2.25. The van der Waals surface area contributed by atoms with Gasteiger partial charge in [-0.2, -0.15) is 5.10 Å². The first kappa shape index (κ1) is 24.2. The summed E-state index contributed by atoms with van der Waals surface area (Å²) < 4.78 is 6.70. The summed E-state index contributed by atoms with van der Waals surface area (Å²) in [6.45, 7) is 8.39. The van der Waals surface area contributed by atoms with Crippen molar-refractivity contribution in [2.75, 3.05) is 32.1 Å². The topological polar surface area (TPSA) is 76.5 Å². The number of methoxy groups -OCH3 is 1. The lowest BCUT2D eigenvalue weighted by Crippen LogP contribution is -2.42. The summed E-state index contributed by atoms with van der Waals surface area (Å²) in [4.78, 5) is 25.0. The zero-order valence-electron chi connectivity index (χ0n) is 17.9. The molecule has 1 heterocycles. The van der Waals surface area contributed by atoms with Crippen LogP contribution >= 0.6 is 23.2 Å². The van der Waals surface area contributed by atoms with E-state index in [0.717, 1.165) is 16.9 Å². The molecule has 2 amide bonds. The third kappa shape index (κ3) is 6.45. The second-order valence-corrected chi connectivity index (χ2v) is 9.11. The number of carbonyl (C=O) groups excluding carboxylic acids is 2. The molecule has 1 aromatic heterocycles. The number of ether oxygens (including phenoxy) is 1. The fourth-order valence-electron chi connectivity index (χ4n) is 2.76. The fraction of sp³-hybridized carbons (Fsp3) is 0.476. The standard InChI is InChI=1S/C21H28Cl2N4O3/c1-14-7-6-8-15(11-14)27-17(12-16(25-27)21(2,3)4)24-18(28)13-26(9-10-30-5)20(29)19(22)23/h6-8,11-12,19H,9-10,13H2,1-5H3,(H,24,28). The summed E-state index contributed by atoms with van der Waals surface area (Å²) in [5, 5.41) is 7.56. The number of amides is 2. The van der Waals surface area contributed by atoms with Gasteiger partial charge in [-0.1, -0.05) is 56.1 Å². The first-order valence-corrected chi connectivity index (χ1v) is 10.4. The predicted octanol–water partition coefficient (Wildman–Crippen LogP) is 3.70. The van der Waals surface area contributed by atoms with E-state index >= 15 is 0 Å². The van der Waals surface area contributed by atoms with Gasteiger partial charge in [-0.25, -0.2) is 4.68 Å². The first-order valence-electron chi connectivity index (χ1n) is 9.56. The first-order chi connectivity index (χ1) is 14.0. The van der Waals surface area contributed by atoms with Crippen molar-refractivity contribution < 1.29 is 14.3 Å². The third-order valence-corrected chi connectivity index (χ3v) is 4.76. The average Bonchev–Trinajstić information content (AvgIpc) is 3.08. The van der Waals surface area contributed by atoms with Gasteiger partial charge in [-0.05, 0) is 24.6 Å². The van der Waals surface area contributed by atoms with Crippen LogP contribution in [0.2, 0.25) is 0 Å². The van der Waals surface area contributed by atoms with E-state index in [-0.39, 0.29) is 31.0 Å². The monoisotopic (exact) mass is 454 g/mol. The number of rotatable bonds is 8. The molecule has 1 N–H and O–H groups in total. The van der Waals surface area contributed by atoms with Gasteiger partial charge in [0.05, 0.1) is 18.0 Å². The Morgan fingerprint density at radius 3 is 2.53 bits per heavy atom. The second kappa shape index (κ2) is 10.3. The van der Waals surface area contributed by atoms with Gasteiger partial charge in [0.1, 0.15) is 12.4 Å². The van der Waals surface area contributed by atoms with Crippen molar-refractivity contribution in [2.24, 2.45) is 0 Å². The summed E-state index contributed by atoms with van der Waals surface area (Å²) in [5.41, 5.74) is 2.52. The minimum atomic E-state index is -1.25. The van der Waals surface area contributed by atoms with Crippen molar-refractivity contribution >= 4 is 40.8 Å². The van der Waals surface area contributed by atoms with Crippen molar-refractivity contribution in [1.82, 2.24) is 14.7 Å². The van der Waals surface area contributed by atoms with Crippen LogP contribution in [-0.4, -0.2) is 58.1 Å². The average molecular weight is 455 g/mol. The van der Waals surface area contributed by atoms with E-state index in [1.807, 2.05) is 58.0 Å². The number of aromatic nitrogens is 2. The molecule has 7 nitrogen and oxygen atoms in total. The van der Waals surface area contributed by atoms with Gasteiger partial charge in [-0.3, -0.25) is 9.59 Å². The molecule has 0 aliphatic heterocycles. The zero-order valence-corrected chi connectivity index (χ0v) is 19.4. The maximum absolute atomic E-state index is 12.7. The normalized spacial score (nSPS) is 11.6. The summed E-state index contributed by atoms with van der Waals surface area (Å²) in [7, 11) is 1.51. The molecule has 0 unspecified atom stereocenters. The van der Waals surface area contributed by atoms with E-state index in [0.29, 0.717) is 5.82 Å². The Morgan fingerprint density at radius 1 is 1.27 bits per heavy atom. The maximum Gasteiger partial charge on any atom is 0.256 e. The van der Waals surface area contributed by atoms with Crippen molar-refractivity contribution in [3.8, 4) is 5.69 Å². The smallest absolute Gasteiger partial charge is 0.256 e. The van der Waals surface area contributed by atoms with E-state index in [2.05, 4.69) is 5.32 Å². The van der Waals surface area contributed by atoms with Crippen molar-refractivity contribution in [3.05, 3.63) is 41.6 Å². The SMILES string of the molecule is COCCN(CC(=O)Nc1cc(C(C)(C)C)nn1-c1cccc(C)c1)C(=O)C(Cl)Cl. The van der Waals surface area contributed by atoms with Crippen LogP contribution in [0.1, 0.15) is 32.0 Å². The number of hydrogen-bond acceptors (Lipinski definition) is 4. The number of benzene rings is 1. The molecule has 1 aromatic carbocycles. The van der Waals surface area contributed by atoms with Gasteiger partial charge >= 0.3 is 0 Å². The number of hydrogen-bond donors (Lipinski definition) is 1. The predicted molar refractivity (Wildman–Crippen MR) is 120 cm³/mol. The molecule has 0 aliphatic carbocycles. The number of halogens is 2. The number of nitrogens with zero attached hydrogens (tertiary/aromatic N) is 3. The molecule has 2 aromatic rings. The molecular weight excluding hydrogens is 427 g/mol. The Morgan fingerprint density at radius 2 is 1.97 bits per heavy atom. The van der Waals surface area contributed by atoms with Crippen LogP contribution < -0.4 is 5.32 Å². The van der Waals surface area contributed by atoms with Crippen LogP contribution in [-0.2, 0) is 19.7 Å². The molecule has 0 aliphatic rings. The summed E-state index contributed by atoms with van der Waals surface area (Å²) >= 11 is 11.4. The molecule has 0 spiro atoms. The summed E-state index contributed by atoms with van der Waals surface area (Å²) in [5.74, 6) is -0.418. The number of alkyl halides is 2. The third-order valence-electron chi connectivity index (χ3n) is 4.39. The Bertz CT molecular complexity index is 891. The molecule has 0 fully saturated rings. The Balaban J connectivity index is 2.30. The van der Waals surface area contributed by atoms with Gasteiger partial charge in [-0.15, -0.1) is 0 Å². The van der Waals surface area contributed by atoms with Crippen LogP contribution in [0, 0.1) is 6.92 Å². The lowest BCUT2D eigenvalue weighted by atomic mass is 9.92. The number of anilines is 1. The zero-order chi connectivity index (χ0) is 22.5.